The molecule has 4 nitrogen and oxygen atoms in total. The topological polar surface area (TPSA) is 70.6 Å². The Balaban J connectivity index is 3.00. The van der Waals surface area contributed by atoms with Crippen molar-refractivity contribution in [2.45, 2.75) is 32.6 Å². The van der Waals surface area contributed by atoms with Gasteiger partial charge in [-0.3, -0.25) is 0 Å². The van der Waals surface area contributed by atoms with E-state index < -0.39 is 0 Å². The van der Waals surface area contributed by atoms with E-state index in [4.69, 9.17) is 10.9 Å². The van der Waals surface area contributed by atoms with Crippen LogP contribution in [0.5, 0.6) is 0 Å². The average molecular weight is 173 g/mol. The van der Waals surface area contributed by atoms with E-state index in [9.17, 15) is 0 Å². The monoisotopic (exact) mass is 173 g/mol. The molecule has 0 saturated carbocycles. The van der Waals surface area contributed by atoms with Crippen LogP contribution in [0.25, 0.3) is 0 Å². The number of hydrogen-bond acceptors (Lipinski definition) is 3. The number of unbranched alkanes of at least 4 members (excludes halogenated alkanes) is 2. The first kappa shape index (κ1) is 11.2. The lowest BCUT2D eigenvalue weighted by Crippen LogP contribution is -2.23. The Morgan fingerprint density at radius 1 is 1.42 bits per heavy atom. The maximum Gasteiger partial charge on any atom is 0.140 e. The fourth-order valence-electron chi connectivity index (χ4n) is 0.891. The lowest BCUT2D eigenvalue weighted by atomic mass is 10.2. The molecule has 0 aromatic rings. The number of nitrogens with zero attached hydrogens (tertiary/aromatic N) is 1. The van der Waals surface area contributed by atoms with Crippen LogP contribution < -0.4 is 11.1 Å². The normalized spacial score (nSPS) is 11.9. The first-order chi connectivity index (χ1) is 5.81. The fourth-order valence-corrected chi connectivity index (χ4v) is 0.891. The van der Waals surface area contributed by atoms with Crippen molar-refractivity contribution in [2.24, 2.45) is 10.9 Å². The third-order valence-corrected chi connectivity index (χ3v) is 1.64. The molecule has 0 heterocycles. The van der Waals surface area contributed by atoms with Gasteiger partial charge in [-0.2, -0.15) is 0 Å². The van der Waals surface area contributed by atoms with Gasteiger partial charge in [-0.05, 0) is 13.0 Å². The molecular weight excluding hydrogens is 154 g/mol. The summed E-state index contributed by atoms with van der Waals surface area (Å²) in [6.45, 7) is 3.99. The minimum absolute atomic E-state index is 0.290. The first-order valence-electron chi connectivity index (χ1n) is 4.48. The lowest BCUT2D eigenvalue weighted by Gasteiger charge is -2.02. The molecule has 4 heteroatoms. The van der Waals surface area contributed by atoms with E-state index in [1.54, 1.807) is 0 Å². The third kappa shape index (κ3) is 7.34. The zero-order valence-electron chi connectivity index (χ0n) is 7.71. The summed E-state index contributed by atoms with van der Waals surface area (Å²) >= 11 is 0. The Morgan fingerprint density at radius 3 is 2.75 bits per heavy atom. The summed E-state index contributed by atoms with van der Waals surface area (Å²) in [4.78, 5) is 0. The Labute approximate surface area is 73.8 Å². The largest absolute Gasteiger partial charge is 0.409 e. The van der Waals surface area contributed by atoms with Crippen molar-refractivity contribution in [3.05, 3.63) is 0 Å². The summed E-state index contributed by atoms with van der Waals surface area (Å²) < 4.78 is 0. The second kappa shape index (κ2) is 8.33. The van der Waals surface area contributed by atoms with Gasteiger partial charge in [0.25, 0.3) is 0 Å². The van der Waals surface area contributed by atoms with Crippen LogP contribution in [-0.4, -0.2) is 24.1 Å². The van der Waals surface area contributed by atoms with Gasteiger partial charge in [0.05, 0.1) is 0 Å². The van der Waals surface area contributed by atoms with E-state index in [0.29, 0.717) is 6.42 Å². The van der Waals surface area contributed by atoms with E-state index in [2.05, 4.69) is 17.4 Å². The van der Waals surface area contributed by atoms with Gasteiger partial charge in [0.2, 0.25) is 0 Å². The molecule has 0 radical (unpaired) electrons. The second-order valence-corrected chi connectivity index (χ2v) is 2.80. The average Bonchev–Trinajstić information content (AvgIpc) is 2.10. The van der Waals surface area contributed by atoms with Crippen molar-refractivity contribution in [3.63, 3.8) is 0 Å². The van der Waals surface area contributed by atoms with Crippen LogP contribution in [-0.2, 0) is 0 Å². The minimum atomic E-state index is 0.290. The summed E-state index contributed by atoms with van der Waals surface area (Å²) in [5.41, 5.74) is 5.27. The van der Waals surface area contributed by atoms with Crippen molar-refractivity contribution >= 4 is 5.84 Å². The molecule has 12 heavy (non-hydrogen) atoms. The molecule has 0 fully saturated rings. The van der Waals surface area contributed by atoms with Crippen molar-refractivity contribution in [3.8, 4) is 0 Å². The number of rotatable bonds is 7. The predicted octanol–water partition coefficient (Wildman–Crippen LogP) is 0.903. The molecule has 4 N–H and O–H groups in total. The predicted molar refractivity (Wildman–Crippen MR) is 50.4 cm³/mol. The van der Waals surface area contributed by atoms with Gasteiger partial charge in [0.15, 0.2) is 0 Å². The van der Waals surface area contributed by atoms with E-state index >= 15 is 0 Å². The smallest absolute Gasteiger partial charge is 0.140 e. The zero-order valence-corrected chi connectivity index (χ0v) is 7.71. The molecule has 0 bridgehead atoms. The summed E-state index contributed by atoms with van der Waals surface area (Å²) in [6, 6.07) is 0. The van der Waals surface area contributed by atoms with Crippen molar-refractivity contribution in [1.29, 1.82) is 0 Å². The summed E-state index contributed by atoms with van der Waals surface area (Å²) in [5.74, 6) is 0.290. The van der Waals surface area contributed by atoms with E-state index in [1.807, 2.05) is 0 Å². The standard InChI is InChI=1S/C8H19N3O/c1-2-3-4-6-10-7-5-8(9)11-12/h10,12H,2-7H2,1H3,(H2,9,11). The van der Waals surface area contributed by atoms with Crippen LogP contribution in [0.1, 0.15) is 32.6 Å². The second-order valence-electron chi connectivity index (χ2n) is 2.80. The first-order valence-corrected chi connectivity index (χ1v) is 4.48. The molecule has 0 aliphatic carbocycles. The molecule has 0 aliphatic heterocycles. The number of nitrogens with one attached hydrogen (secondary N) is 1. The minimum Gasteiger partial charge on any atom is -0.409 e. The van der Waals surface area contributed by atoms with E-state index in [-0.39, 0.29) is 5.84 Å². The van der Waals surface area contributed by atoms with Gasteiger partial charge in [-0.15, -0.1) is 0 Å². The molecule has 0 aromatic carbocycles. The number of amidine groups is 1. The summed E-state index contributed by atoms with van der Waals surface area (Å²) in [7, 11) is 0. The molecule has 72 valence electrons. The third-order valence-electron chi connectivity index (χ3n) is 1.64. The molecule has 0 aliphatic rings. The summed E-state index contributed by atoms with van der Waals surface area (Å²) in [6.07, 6.45) is 4.31. The van der Waals surface area contributed by atoms with E-state index in [0.717, 1.165) is 13.1 Å². The molecular formula is C8H19N3O. The van der Waals surface area contributed by atoms with E-state index in [1.165, 1.54) is 19.3 Å². The van der Waals surface area contributed by atoms with Gasteiger partial charge in [0.1, 0.15) is 5.84 Å². The highest BCUT2D eigenvalue weighted by Gasteiger charge is 1.91. The molecule has 0 unspecified atom stereocenters. The van der Waals surface area contributed by atoms with Crippen LogP contribution >= 0.6 is 0 Å². The van der Waals surface area contributed by atoms with Crippen LogP contribution in [0.4, 0.5) is 0 Å². The highest BCUT2D eigenvalue weighted by Crippen LogP contribution is 1.90. The van der Waals surface area contributed by atoms with Gasteiger partial charge in [-0.25, -0.2) is 0 Å². The van der Waals surface area contributed by atoms with Crippen molar-refractivity contribution in [2.75, 3.05) is 13.1 Å². The van der Waals surface area contributed by atoms with Crippen LogP contribution in [0.3, 0.4) is 0 Å². The Hall–Kier alpha value is -0.770. The molecule has 0 spiro atoms. The van der Waals surface area contributed by atoms with Gasteiger partial charge >= 0.3 is 0 Å². The van der Waals surface area contributed by atoms with Crippen LogP contribution in [0.15, 0.2) is 5.16 Å². The van der Waals surface area contributed by atoms with Crippen molar-refractivity contribution in [1.82, 2.24) is 5.32 Å². The number of oxime groups is 1. The Morgan fingerprint density at radius 2 is 2.17 bits per heavy atom. The number of hydrogen-bond donors (Lipinski definition) is 3. The van der Waals surface area contributed by atoms with Gasteiger partial charge in [0, 0.05) is 13.0 Å². The Bertz CT molecular complexity index is 125. The quantitative estimate of drug-likeness (QED) is 0.176. The number of nitrogens with two attached hydrogens (primary N) is 1. The fraction of sp³-hybridized carbons (Fsp3) is 0.875. The highest BCUT2D eigenvalue weighted by molar-refractivity contribution is 5.79. The SMILES string of the molecule is CCCCCNCCC(N)=NO. The maximum absolute atomic E-state index is 8.21. The lowest BCUT2D eigenvalue weighted by molar-refractivity contribution is 0.316. The molecule has 0 rings (SSSR count). The van der Waals surface area contributed by atoms with Crippen molar-refractivity contribution < 1.29 is 5.21 Å². The molecule has 0 atom stereocenters. The van der Waals surface area contributed by atoms with Gasteiger partial charge in [-0.1, -0.05) is 24.9 Å². The summed E-state index contributed by atoms with van der Waals surface area (Å²) in [5, 5.41) is 14.3. The zero-order chi connectivity index (χ0) is 9.23. The Kier molecular flexibility index (Phi) is 7.79. The molecule has 0 aromatic heterocycles. The van der Waals surface area contributed by atoms with Crippen LogP contribution in [0.2, 0.25) is 0 Å². The highest BCUT2D eigenvalue weighted by atomic mass is 16.4. The van der Waals surface area contributed by atoms with Gasteiger partial charge < -0.3 is 16.3 Å². The molecule has 0 saturated heterocycles. The maximum atomic E-state index is 8.21. The van der Waals surface area contributed by atoms with Crippen LogP contribution in [0, 0.1) is 0 Å². The molecule has 0 amide bonds.